The van der Waals surface area contributed by atoms with Crippen LogP contribution >= 0.6 is 11.3 Å². The summed E-state index contributed by atoms with van der Waals surface area (Å²) < 4.78 is 32.4. The minimum Gasteiger partial charge on any atom is -0.491 e. The summed E-state index contributed by atoms with van der Waals surface area (Å²) in [6, 6.07) is 15.8. The number of rotatable bonds is 8. The highest BCUT2D eigenvalue weighted by Gasteiger charge is 2.18. The van der Waals surface area contributed by atoms with E-state index in [0.717, 1.165) is 5.56 Å². The molecule has 3 aromatic rings. The fraction of sp³-hybridized carbons (Fsp3) is 0.211. The summed E-state index contributed by atoms with van der Waals surface area (Å²) in [6.07, 6.45) is 0.0176. The fourth-order valence-electron chi connectivity index (χ4n) is 2.39. The van der Waals surface area contributed by atoms with Crippen LogP contribution in [0.15, 0.2) is 54.6 Å². The number of hydrogen-bond acceptors (Lipinski definition) is 7. The van der Waals surface area contributed by atoms with Gasteiger partial charge in [-0.25, -0.2) is 8.42 Å². The number of carbonyl (C=O) groups is 1. The van der Waals surface area contributed by atoms with Gasteiger partial charge in [-0.2, -0.15) is 0 Å². The van der Waals surface area contributed by atoms with E-state index in [-0.39, 0.29) is 11.2 Å². The van der Waals surface area contributed by atoms with Crippen molar-refractivity contribution < 1.29 is 17.9 Å². The summed E-state index contributed by atoms with van der Waals surface area (Å²) in [7, 11) is -3.88. The molecule has 0 radical (unpaired) electrons. The van der Waals surface area contributed by atoms with Gasteiger partial charge in [0, 0.05) is 11.3 Å². The fourth-order valence-corrected chi connectivity index (χ4v) is 4.14. The highest BCUT2D eigenvalue weighted by Crippen LogP contribution is 2.26. The molecule has 0 saturated carbocycles. The zero-order chi connectivity index (χ0) is 20.9. The Kier molecular flexibility index (Phi) is 6.45. The molecule has 1 amide bonds. The third-order valence-electron chi connectivity index (χ3n) is 3.51. The van der Waals surface area contributed by atoms with Gasteiger partial charge < -0.3 is 4.74 Å². The van der Waals surface area contributed by atoms with Crippen molar-refractivity contribution in [1.82, 2.24) is 10.2 Å². The maximum atomic E-state index is 12.3. The largest absolute Gasteiger partial charge is 0.491 e. The molecule has 1 aromatic heterocycles. The van der Waals surface area contributed by atoms with Crippen LogP contribution in [0.25, 0.3) is 10.6 Å². The number of anilines is 2. The van der Waals surface area contributed by atoms with Crippen LogP contribution in [0.5, 0.6) is 5.75 Å². The highest BCUT2D eigenvalue weighted by molar-refractivity contribution is 7.93. The molecule has 29 heavy (non-hydrogen) atoms. The SMILES string of the molecule is CC(C)Oc1ccc(NS(=O)(=O)CC(=O)Nc2nnc(-c3ccccc3)s2)cc1. The van der Waals surface area contributed by atoms with E-state index >= 15 is 0 Å². The first-order chi connectivity index (χ1) is 13.8. The molecule has 0 aliphatic carbocycles. The average molecular weight is 433 g/mol. The number of nitrogens with one attached hydrogen (secondary N) is 2. The van der Waals surface area contributed by atoms with E-state index in [2.05, 4.69) is 20.2 Å². The Morgan fingerprint density at radius 2 is 1.76 bits per heavy atom. The van der Waals surface area contributed by atoms with E-state index in [0.29, 0.717) is 16.4 Å². The lowest BCUT2D eigenvalue weighted by Crippen LogP contribution is -2.27. The van der Waals surface area contributed by atoms with Crippen molar-refractivity contribution in [3.8, 4) is 16.3 Å². The first-order valence-electron chi connectivity index (χ1n) is 8.77. The van der Waals surface area contributed by atoms with Gasteiger partial charge in [0.1, 0.15) is 16.5 Å². The van der Waals surface area contributed by atoms with Gasteiger partial charge in [0.05, 0.1) is 6.10 Å². The minimum absolute atomic E-state index is 0.0176. The predicted octanol–water partition coefficient (Wildman–Crippen LogP) is 3.37. The quantitative estimate of drug-likeness (QED) is 0.565. The standard InChI is InChI=1S/C19H20N4O4S2/c1-13(2)27-16-10-8-15(9-11-16)23-29(25,26)12-17(24)20-19-22-21-18(28-19)14-6-4-3-5-7-14/h3-11,13,23H,12H2,1-2H3,(H,20,22,24). The summed E-state index contributed by atoms with van der Waals surface area (Å²) in [5.41, 5.74) is 1.21. The van der Waals surface area contributed by atoms with E-state index in [1.165, 1.54) is 11.3 Å². The first kappa shape index (κ1) is 20.7. The van der Waals surface area contributed by atoms with Crippen LogP contribution in [0.2, 0.25) is 0 Å². The van der Waals surface area contributed by atoms with E-state index in [1.807, 2.05) is 44.2 Å². The third kappa shape index (κ3) is 6.26. The Bertz CT molecular complexity index is 1070. The second kappa shape index (κ2) is 9.01. The van der Waals surface area contributed by atoms with Gasteiger partial charge in [0.15, 0.2) is 0 Å². The summed E-state index contributed by atoms with van der Waals surface area (Å²) in [6.45, 7) is 3.80. The maximum absolute atomic E-state index is 12.3. The summed E-state index contributed by atoms with van der Waals surface area (Å²) in [4.78, 5) is 12.1. The lowest BCUT2D eigenvalue weighted by molar-refractivity contribution is -0.113. The molecule has 10 heteroatoms. The van der Waals surface area contributed by atoms with Crippen molar-refractivity contribution in [1.29, 1.82) is 0 Å². The van der Waals surface area contributed by atoms with Crippen molar-refractivity contribution in [2.45, 2.75) is 20.0 Å². The molecule has 0 aliphatic rings. The molecule has 8 nitrogen and oxygen atoms in total. The van der Waals surface area contributed by atoms with Gasteiger partial charge in [-0.1, -0.05) is 41.7 Å². The zero-order valence-corrected chi connectivity index (χ0v) is 17.5. The lowest BCUT2D eigenvalue weighted by atomic mass is 10.2. The van der Waals surface area contributed by atoms with Gasteiger partial charge in [-0.05, 0) is 38.1 Å². The molecule has 0 bridgehead atoms. The van der Waals surface area contributed by atoms with E-state index in [1.54, 1.807) is 24.3 Å². The molecule has 0 atom stereocenters. The Balaban J connectivity index is 1.57. The molecule has 2 N–H and O–H groups in total. The van der Waals surface area contributed by atoms with Crippen molar-refractivity contribution >= 4 is 38.1 Å². The summed E-state index contributed by atoms with van der Waals surface area (Å²) >= 11 is 1.17. The van der Waals surface area contributed by atoms with Crippen LogP contribution in [0.3, 0.4) is 0 Å². The lowest BCUT2D eigenvalue weighted by Gasteiger charge is -2.11. The van der Waals surface area contributed by atoms with Crippen molar-refractivity contribution in [3.63, 3.8) is 0 Å². The zero-order valence-electron chi connectivity index (χ0n) is 15.8. The topological polar surface area (TPSA) is 110 Å². The van der Waals surface area contributed by atoms with Gasteiger partial charge in [0.2, 0.25) is 21.1 Å². The Labute approximate surface area is 173 Å². The van der Waals surface area contributed by atoms with E-state index in [9.17, 15) is 13.2 Å². The number of benzene rings is 2. The van der Waals surface area contributed by atoms with Crippen molar-refractivity contribution in [3.05, 3.63) is 54.6 Å². The van der Waals surface area contributed by atoms with Gasteiger partial charge in [-0.3, -0.25) is 14.8 Å². The molecule has 152 valence electrons. The smallest absolute Gasteiger partial charge is 0.243 e. The molecular formula is C19H20N4O4S2. The van der Waals surface area contributed by atoms with Crippen molar-refractivity contribution in [2.75, 3.05) is 15.8 Å². The molecular weight excluding hydrogens is 412 g/mol. The molecule has 0 spiro atoms. The van der Waals surface area contributed by atoms with Crippen LogP contribution < -0.4 is 14.8 Å². The van der Waals surface area contributed by atoms with Crippen LogP contribution in [0.1, 0.15) is 13.8 Å². The summed E-state index contributed by atoms with van der Waals surface area (Å²) in [5, 5.41) is 11.2. The number of hydrogen-bond donors (Lipinski definition) is 2. The number of ether oxygens (including phenoxy) is 1. The molecule has 1 heterocycles. The third-order valence-corrected chi connectivity index (χ3v) is 5.59. The number of aromatic nitrogens is 2. The highest BCUT2D eigenvalue weighted by atomic mass is 32.2. The Morgan fingerprint density at radius 3 is 2.41 bits per heavy atom. The molecule has 0 fully saturated rings. The number of nitrogens with zero attached hydrogens (tertiary/aromatic N) is 2. The normalized spacial score (nSPS) is 11.3. The molecule has 2 aromatic carbocycles. The predicted molar refractivity (Wildman–Crippen MR) is 114 cm³/mol. The van der Waals surface area contributed by atoms with Crippen molar-refractivity contribution in [2.24, 2.45) is 0 Å². The van der Waals surface area contributed by atoms with E-state index in [4.69, 9.17) is 4.74 Å². The maximum Gasteiger partial charge on any atom is 0.243 e. The van der Waals surface area contributed by atoms with Crippen LogP contribution in [-0.2, 0) is 14.8 Å². The summed E-state index contributed by atoms with van der Waals surface area (Å²) in [5.74, 6) is -0.809. The van der Waals surface area contributed by atoms with Gasteiger partial charge in [-0.15, -0.1) is 10.2 Å². The first-order valence-corrected chi connectivity index (χ1v) is 11.2. The van der Waals surface area contributed by atoms with Crippen LogP contribution in [0, 0.1) is 0 Å². The minimum atomic E-state index is -3.88. The van der Waals surface area contributed by atoms with Crippen LogP contribution in [0.4, 0.5) is 10.8 Å². The molecule has 0 saturated heterocycles. The molecule has 3 rings (SSSR count). The van der Waals surface area contributed by atoms with Gasteiger partial charge in [0.25, 0.3) is 0 Å². The molecule has 0 aliphatic heterocycles. The van der Waals surface area contributed by atoms with E-state index < -0.39 is 21.7 Å². The van der Waals surface area contributed by atoms with Gasteiger partial charge >= 0.3 is 0 Å². The number of carbonyl (C=O) groups excluding carboxylic acids is 1. The Morgan fingerprint density at radius 1 is 1.07 bits per heavy atom. The average Bonchev–Trinajstić information content (AvgIpc) is 3.11. The monoisotopic (exact) mass is 432 g/mol. The second-order valence-electron chi connectivity index (χ2n) is 6.38. The number of amides is 1. The number of sulfonamides is 1. The molecule has 0 unspecified atom stereocenters. The van der Waals surface area contributed by atoms with Crippen LogP contribution in [-0.4, -0.2) is 36.4 Å². The Hall–Kier alpha value is -2.98. The second-order valence-corrected chi connectivity index (χ2v) is 9.08.